The van der Waals surface area contributed by atoms with Gasteiger partial charge in [-0.2, -0.15) is 0 Å². The first-order valence-corrected chi connectivity index (χ1v) is 9.16. The second-order valence-corrected chi connectivity index (χ2v) is 7.57. The number of nitrogens with zero attached hydrogens (tertiary/aromatic N) is 1. The molecule has 0 saturated heterocycles. The molecule has 2 aromatic rings. The first-order chi connectivity index (χ1) is 11.9. The van der Waals surface area contributed by atoms with Crippen LogP contribution < -0.4 is 15.5 Å². The average molecular weight is 359 g/mol. The van der Waals surface area contributed by atoms with Crippen LogP contribution in [0.15, 0.2) is 35.7 Å². The molecule has 1 heterocycles. The average Bonchev–Trinajstić information content (AvgIpc) is 3.04. The molecule has 0 aliphatic carbocycles. The van der Waals surface area contributed by atoms with Crippen molar-refractivity contribution in [1.29, 1.82) is 0 Å². The second-order valence-electron chi connectivity index (χ2n) is 6.53. The van der Waals surface area contributed by atoms with E-state index >= 15 is 0 Å². The molecule has 0 unspecified atom stereocenters. The van der Waals surface area contributed by atoms with Crippen molar-refractivity contribution >= 4 is 34.5 Å². The molecule has 134 valence electrons. The van der Waals surface area contributed by atoms with Crippen LogP contribution in [0.25, 0.3) is 0 Å². The summed E-state index contributed by atoms with van der Waals surface area (Å²) in [4.78, 5) is 27.6. The van der Waals surface area contributed by atoms with Crippen molar-refractivity contribution in [3.05, 3.63) is 46.2 Å². The van der Waals surface area contributed by atoms with E-state index in [1.54, 1.807) is 17.4 Å². The van der Waals surface area contributed by atoms with Gasteiger partial charge in [-0.15, -0.1) is 11.3 Å². The molecule has 0 saturated carbocycles. The van der Waals surface area contributed by atoms with E-state index in [0.29, 0.717) is 30.1 Å². The number of thiophene rings is 1. The van der Waals surface area contributed by atoms with Crippen LogP contribution in [0.1, 0.15) is 29.1 Å². The van der Waals surface area contributed by atoms with Crippen LogP contribution in [0, 0.1) is 5.92 Å². The van der Waals surface area contributed by atoms with Crippen LogP contribution in [0.2, 0.25) is 0 Å². The lowest BCUT2D eigenvalue weighted by Crippen LogP contribution is -2.29. The highest BCUT2D eigenvalue weighted by molar-refractivity contribution is 7.10. The summed E-state index contributed by atoms with van der Waals surface area (Å²) in [6.07, 6.45) is 0.335. The fourth-order valence-corrected chi connectivity index (χ4v) is 3.06. The van der Waals surface area contributed by atoms with Crippen molar-refractivity contribution in [1.82, 2.24) is 5.32 Å². The van der Waals surface area contributed by atoms with Gasteiger partial charge in [0.05, 0.1) is 12.0 Å². The number of carbonyl (C=O) groups excluding carboxylic acids is 2. The Morgan fingerprint density at radius 3 is 2.56 bits per heavy atom. The zero-order valence-electron chi connectivity index (χ0n) is 15.1. The smallest absolute Gasteiger partial charge is 0.253 e. The summed E-state index contributed by atoms with van der Waals surface area (Å²) < 4.78 is 0. The molecular formula is C19H25N3O2S. The largest absolute Gasteiger partial charge is 0.377 e. The molecule has 2 amide bonds. The SMILES string of the molecule is CC(C)CNC(=O)c1cc(NC(=O)Cc2cccs2)ccc1N(C)C. The number of benzene rings is 1. The number of rotatable bonds is 7. The van der Waals surface area contributed by atoms with Crippen molar-refractivity contribution in [2.75, 3.05) is 30.9 Å². The maximum atomic E-state index is 12.5. The number of anilines is 2. The predicted octanol–water partition coefficient (Wildman–Crippen LogP) is 3.38. The molecule has 0 atom stereocenters. The van der Waals surface area contributed by atoms with Crippen LogP contribution in [0.4, 0.5) is 11.4 Å². The van der Waals surface area contributed by atoms with Crippen LogP contribution in [-0.4, -0.2) is 32.5 Å². The molecule has 2 rings (SSSR count). The van der Waals surface area contributed by atoms with Gasteiger partial charge >= 0.3 is 0 Å². The van der Waals surface area contributed by atoms with Crippen LogP contribution >= 0.6 is 11.3 Å². The topological polar surface area (TPSA) is 61.4 Å². The Balaban J connectivity index is 2.15. The van der Waals surface area contributed by atoms with Crippen LogP contribution in [0.3, 0.4) is 0 Å². The first kappa shape index (κ1) is 19.0. The highest BCUT2D eigenvalue weighted by Gasteiger charge is 2.15. The fraction of sp³-hybridized carbons (Fsp3) is 0.368. The minimum atomic E-state index is -0.133. The monoisotopic (exact) mass is 359 g/mol. The van der Waals surface area contributed by atoms with Gasteiger partial charge in [0, 0.05) is 36.9 Å². The summed E-state index contributed by atoms with van der Waals surface area (Å²) in [5.41, 5.74) is 2.00. The highest BCUT2D eigenvalue weighted by Crippen LogP contribution is 2.23. The van der Waals surface area contributed by atoms with Crippen LogP contribution in [-0.2, 0) is 11.2 Å². The highest BCUT2D eigenvalue weighted by atomic mass is 32.1. The van der Waals surface area contributed by atoms with Gasteiger partial charge in [-0.25, -0.2) is 0 Å². The molecule has 2 N–H and O–H groups in total. The van der Waals surface area contributed by atoms with Crippen molar-refractivity contribution < 1.29 is 9.59 Å². The minimum absolute atomic E-state index is 0.0893. The lowest BCUT2D eigenvalue weighted by Gasteiger charge is -2.19. The molecule has 0 radical (unpaired) electrons. The molecule has 0 aliphatic heterocycles. The third-order valence-corrected chi connectivity index (χ3v) is 4.47. The maximum Gasteiger partial charge on any atom is 0.253 e. The van der Waals surface area contributed by atoms with E-state index in [9.17, 15) is 9.59 Å². The molecule has 6 heteroatoms. The Morgan fingerprint density at radius 1 is 1.20 bits per heavy atom. The number of amides is 2. The van der Waals surface area contributed by atoms with Gasteiger partial charge in [-0.3, -0.25) is 9.59 Å². The molecular weight excluding hydrogens is 334 g/mol. The van der Waals surface area contributed by atoms with Gasteiger partial charge in [0.2, 0.25) is 5.91 Å². The summed E-state index contributed by atoms with van der Waals surface area (Å²) >= 11 is 1.55. The van der Waals surface area contributed by atoms with Gasteiger partial charge in [0.1, 0.15) is 0 Å². The van der Waals surface area contributed by atoms with Gasteiger partial charge in [-0.05, 0) is 35.6 Å². The van der Waals surface area contributed by atoms with Gasteiger partial charge in [0.15, 0.2) is 0 Å². The quantitative estimate of drug-likeness (QED) is 0.797. The van der Waals surface area contributed by atoms with Crippen molar-refractivity contribution in [3.63, 3.8) is 0 Å². The molecule has 0 aliphatic rings. The molecule has 0 bridgehead atoms. The van der Waals surface area contributed by atoms with Gasteiger partial charge < -0.3 is 15.5 Å². The zero-order chi connectivity index (χ0) is 18.4. The van der Waals surface area contributed by atoms with Gasteiger partial charge in [-0.1, -0.05) is 19.9 Å². The molecule has 1 aromatic heterocycles. The lowest BCUT2D eigenvalue weighted by molar-refractivity contribution is -0.115. The van der Waals surface area contributed by atoms with Gasteiger partial charge in [0.25, 0.3) is 5.91 Å². The number of carbonyl (C=O) groups is 2. The summed E-state index contributed by atoms with van der Waals surface area (Å²) in [5, 5.41) is 7.76. The molecule has 5 nitrogen and oxygen atoms in total. The Morgan fingerprint density at radius 2 is 1.96 bits per heavy atom. The Labute approximate surface area is 153 Å². The summed E-state index contributed by atoms with van der Waals surface area (Å²) in [6.45, 7) is 4.71. The third-order valence-electron chi connectivity index (χ3n) is 3.59. The standard InChI is InChI=1S/C19H25N3O2S/c1-13(2)12-20-19(24)16-10-14(7-8-17(16)22(3)4)21-18(23)11-15-6-5-9-25-15/h5-10,13H,11-12H2,1-4H3,(H,20,24)(H,21,23). The number of hydrogen-bond donors (Lipinski definition) is 2. The molecule has 0 fully saturated rings. The Hall–Kier alpha value is -2.34. The van der Waals surface area contributed by atoms with Crippen molar-refractivity contribution in [2.24, 2.45) is 5.92 Å². The fourth-order valence-electron chi connectivity index (χ4n) is 2.35. The van der Waals surface area contributed by atoms with E-state index in [1.165, 1.54) is 0 Å². The summed E-state index contributed by atoms with van der Waals surface area (Å²) in [7, 11) is 3.78. The Kier molecular flexibility index (Phi) is 6.58. The summed E-state index contributed by atoms with van der Waals surface area (Å²) in [6, 6.07) is 9.27. The van der Waals surface area contributed by atoms with E-state index in [4.69, 9.17) is 0 Å². The Bertz CT molecular complexity index is 724. The maximum absolute atomic E-state index is 12.5. The van der Waals surface area contributed by atoms with Crippen molar-refractivity contribution in [2.45, 2.75) is 20.3 Å². The molecule has 0 spiro atoms. The van der Waals surface area contributed by atoms with Crippen molar-refractivity contribution in [3.8, 4) is 0 Å². The zero-order valence-corrected chi connectivity index (χ0v) is 15.9. The normalized spacial score (nSPS) is 10.6. The molecule has 1 aromatic carbocycles. The first-order valence-electron chi connectivity index (χ1n) is 8.28. The number of hydrogen-bond acceptors (Lipinski definition) is 4. The van der Waals surface area contributed by atoms with E-state index in [0.717, 1.165) is 10.6 Å². The van der Waals surface area contributed by atoms with E-state index < -0.39 is 0 Å². The third kappa shape index (κ3) is 5.60. The van der Waals surface area contributed by atoms with E-state index in [2.05, 4.69) is 10.6 Å². The molecule has 25 heavy (non-hydrogen) atoms. The van der Waals surface area contributed by atoms with E-state index in [1.807, 2.05) is 62.5 Å². The second kappa shape index (κ2) is 8.67. The minimum Gasteiger partial charge on any atom is -0.377 e. The predicted molar refractivity (Wildman–Crippen MR) is 105 cm³/mol. The van der Waals surface area contributed by atoms with Crippen LogP contribution in [0.5, 0.6) is 0 Å². The lowest BCUT2D eigenvalue weighted by atomic mass is 10.1. The van der Waals surface area contributed by atoms with E-state index in [-0.39, 0.29) is 11.8 Å². The summed E-state index contributed by atoms with van der Waals surface area (Å²) in [5.74, 6) is 0.154. The number of nitrogens with one attached hydrogen (secondary N) is 2.